The molecule has 2 nitrogen and oxygen atoms in total. The van der Waals surface area contributed by atoms with Crippen LogP contribution < -0.4 is 4.74 Å². The van der Waals surface area contributed by atoms with Gasteiger partial charge in [0, 0.05) is 5.56 Å². The van der Waals surface area contributed by atoms with E-state index in [2.05, 4.69) is 32.9 Å². The number of phenols is 1. The lowest BCUT2D eigenvalue weighted by atomic mass is 9.85. The van der Waals surface area contributed by atoms with Gasteiger partial charge in [-0.05, 0) is 117 Å². The van der Waals surface area contributed by atoms with Gasteiger partial charge in [0.15, 0.2) is 0 Å². The second kappa shape index (κ2) is 11.0. The molecule has 1 heterocycles. The third-order valence-electron chi connectivity index (χ3n) is 6.75. The minimum absolute atomic E-state index is 0.0933. The van der Waals surface area contributed by atoms with E-state index >= 15 is 0 Å². The molecule has 1 atom stereocenters. The maximum Gasteiger partial charge on any atom is 0.127 e. The van der Waals surface area contributed by atoms with Gasteiger partial charge in [-0.15, -0.1) is 0 Å². The van der Waals surface area contributed by atoms with E-state index in [-0.39, 0.29) is 11.4 Å². The molecule has 1 aliphatic rings. The number of rotatable bonds is 9. The van der Waals surface area contributed by atoms with Crippen molar-refractivity contribution in [3.8, 4) is 11.5 Å². The zero-order chi connectivity index (χ0) is 23.2. The van der Waals surface area contributed by atoms with Crippen LogP contribution >= 0.6 is 0 Å². The van der Waals surface area contributed by atoms with Crippen molar-refractivity contribution in [3.63, 3.8) is 0 Å². The lowest BCUT2D eigenvalue weighted by Gasteiger charge is -2.38. The van der Waals surface area contributed by atoms with Crippen LogP contribution in [0.15, 0.2) is 35.2 Å². The molecular formula is C28H41FO2. The Morgan fingerprint density at radius 3 is 2.13 bits per heavy atom. The Labute approximate surface area is 188 Å². The maximum atomic E-state index is 12.7. The minimum Gasteiger partial charge on any atom is -0.507 e. The van der Waals surface area contributed by atoms with Gasteiger partial charge in [-0.2, -0.15) is 0 Å². The molecule has 0 spiro atoms. The Hall–Kier alpha value is -2.03. The molecule has 0 saturated heterocycles. The van der Waals surface area contributed by atoms with Crippen molar-refractivity contribution in [2.75, 3.05) is 0 Å². The number of ether oxygens (including phenoxy) is 1. The molecule has 0 fully saturated rings. The highest BCUT2D eigenvalue weighted by molar-refractivity contribution is 5.58. The Kier molecular flexibility index (Phi) is 8.97. The van der Waals surface area contributed by atoms with Crippen molar-refractivity contribution in [3.05, 3.63) is 57.5 Å². The van der Waals surface area contributed by atoms with Crippen LogP contribution in [0.4, 0.5) is 4.39 Å². The third kappa shape index (κ3) is 6.98. The lowest BCUT2D eigenvalue weighted by Crippen LogP contribution is -2.37. The summed E-state index contributed by atoms with van der Waals surface area (Å²) in [4.78, 5) is 0. The van der Waals surface area contributed by atoms with E-state index in [1.807, 2.05) is 20.8 Å². The maximum absolute atomic E-state index is 12.7. The number of aromatic hydroxyl groups is 1. The van der Waals surface area contributed by atoms with Crippen molar-refractivity contribution < 1.29 is 14.2 Å². The fourth-order valence-electron chi connectivity index (χ4n) is 4.34. The van der Waals surface area contributed by atoms with Crippen LogP contribution in [0.5, 0.6) is 11.5 Å². The highest BCUT2D eigenvalue weighted by atomic mass is 19.1. The Balaban J connectivity index is 1.88. The highest BCUT2D eigenvalue weighted by Crippen LogP contribution is 2.44. The third-order valence-corrected chi connectivity index (χ3v) is 6.75. The summed E-state index contributed by atoms with van der Waals surface area (Å²) in [5.41, 5.74) is 6.71. The Morgan fingerprint density at radius 1 is 0.935 bits per heavy atom. The van der Waals surface area contributed by atoms with Crippen molar-refractivity contribution >= 4 is 0 Å². The molecule has 0 amide bonds. The molecule has 1 aliphatic heterocycles. The van der Waals surface area contributed by atoms with Crippen molar-refractivity contribution in [2.45, 2.75) is 105 Å². The smallest absolute Gasteiger partial charge is 0.127 e. The van der Waals surface area contributed by atoms with Crippen LogP contribution in [0.2, 0.25) is 0 Å². The van der Waals surface area contributed by atoms with Crippen LogP contribution in [0, 0.1) is 20.8 Å². The first-order valence-corrected chi connectivity index (χ1v) is 11.7. The topological polar surface area (TPSA) is 29.5 Å². The van der Waals surface area contributed by atoms with Gasteiger partial charge in [0.1, 0.15) is 17.1 Å². The molecule has 0 radical (unpaired) electrons. The molecule has 1 aromatic carbocycles. The summed E-state index contributed by atoms with van der Waals surface area (Å²) >= 11 is 0. The van der Waals surface area contributed by atoms with E-state index in [0.717, 1.165) is 73.8 Å². The molecule has 0 saturated carbocycles. The Bertz CT molecular complexity index is 872. The van der Waals surface area contributed by atoms with Crippen LogP contribution in [-0.4, -0.2) is 10.7 Å². The van der Waals surface area contributed by atoms with Crippen LogP contribution in [0.1, 0.15) is 94.9 Å². The van der Waals surface area contributed by atoms with Gasteiger partial charge >= 0.3 is 0 Å². The summed E-state index contributed by atoms with van der Waals surface area (Å²) in [5, 5.41) is 10.4. The standard InChI is InChI=1S/C28H41FO2/c1-19(13-9-15-21(3)29)11-8-12-20(2)14-10-17-28(7)18-16-25-24(6)26(30)22(4)23(5)27(25)31-28/h11,14-15,30H,8-10,12-13,16-18H2,1-7H3/b19-11+,20-14+,21-15-/t28-/m1/s1. The molecule has 1 aromatic rings. The van der Waals surface area contributed by atoms with Crippen LogP contribution in [-0.2, 0) is 6.42 Å². The summed E-state index contributed by atoms with van der Waals surface area (Å²) in [6.45, 7) is 14.1. The first-order chi connectivity index (χ1) is 14.5. The average Bonchev–Trinajstić information content (AvgIpc) is 2.70. The fraction of sp³-hybridized carbons (Fsp3) is 0.571. The zero-order valence-electron chi connectivity index (χ0n) is 20.6. The molecule has 0 aromatic heterocycles. The number of allylic oxidation sites excluding steroid dienone is 6. The van der Waals surface area contributed by atoms with Gasteiger partial charge in [0.05, 0.1) is 5.83 Å². The molecular weight excluding hydrogens is 387 g/mol. The van der Waals surface area contributed by atoms with Crippen molar-refractivity contribution in [2.24, 2.45) is 0 Å². The van der Waals surface area contributed by atoms with E-state index in [0.29, 0.717) is 5.75 Å². The molecule has 2 rings (SSSR count). The largest absolute Gasteiger partial charge is 0.507 e. The van der Waals surface area contributed by atoms with Gasteiger partial charge < -0.3 is 9.84 Å². The number of fused-ring (bicyclic) bond motifs is 1. The minimum atomic E-state index is -0.164. The predicted molar refractivity (Wildman–Crippen MR) is 130 cm³/mol. The van der Waals surface area contributed by atoms with Gasteiger partial charge in [0.25, 0.3) is 0 Å². The summed E-state index contributed by atoms with van der Waals surface area (Å²) < 4.78 is 19.3. The quantitative estimate of drug-likeness (QED) is 0.399. The second-order valence-corrected chi connectivity index (χ2v) is 9.59. The second-order valence-electron chi connectivity index (χ2n) is 9.59. The summed E-state index contributed by atoms with van der Waals surface area (Å²) in [7, 11) is 0. The summed E-state index contributed by atoms with van der Waals surface area (Å²) in [6, 6.07) is 0. The monoisotopic (exact) mass is 428 g/mol. The van der Waals surface area contributed by atoms with E-state index in [1.54, 1.807) is 6.08 Å². The average molecular weight is 429 g/mol. The number of hydrogen-bond acceptors (Lipinski definition) is 2. The van der Waals surface area contributed by atoms with Crippen molar-refractivity contribution in [1.82, 2.24) is 0 Å². The molecule has 0 aliphatic carbocycles. The van der Waals surface area contributed by atoms with Crippen LogP contribution in [0.3, 0.4) is 0 Å². The zero-order valence-corrected chi connectivity index (χ0v) is 20.6. The highest BCUT2D eigenvalue weighted by Gasteiger charge is 2.33. The normalized spacial score (nSPS) is 19.9. The molecule has 31 heavy (non-hydrogen) atoms. The first-order valence-electron chi connectivity index (χ1n) is 11.7. The molecule has 1 N–H and O–H groups in total. The van der Waals surface area contributed by atoms with Crippen molar-refractivity contribution in [1.29, 1.82) is 0 Å². The number of phenolic OH excluding ortho intramolecular Hbond substituents is 1. The van der Waals surface area contributed by atoms with Gasteiger partial charge in [0.2, 0.25) is 0 Å². The predicted octanol–water partition coefficient (Wildman–Crippen LogP) is 8.51. The Morgan fingerprint density at radius 2 is 1.52 bits per heavy atom. The molecule has 0 bridgehead atoms. The van der Waals surface area contributed by atoms with E-state index in [4.69, 9.17) is 4.74 Å². The van der Waals surface area contributed by atoms with E-state index in [9.17, 15) is 9.50 Å². The van der Waals surface area contributed by atoms with Gasteiger partial charge in [-0.3, -0.25) is 0 Å². The van der Waals surface area contributed by atoms with Crippen LogP contribution in [0.25, 0.3) is 0 Å². The fourth-order valence-corrected chi connectivity index (χ4v) is 4.34. The van der Waals surface area contributed by atoms with Gasteiger partial charge in [-0.25, -0.2) is 4.39 Å². The van der Waals surface area contributed by atoms with E-state index < -0.39 is 0 Å². The summed E-state index contributed by atoms with van der Waals surface area (Å²) in [5.74, 6) is 1.31. The summed E-state index contributed by atoms with van der Waals surface area (Å²) in [6.07, 6.45) is 14.0. The van der Waals surface area contributed by atoms with E-state index in [1.165, 1.54) is 23.6 Å². The van der Waals surface area contributed by atoms with Gasteiger partial charge in [-0.1, -0.05) is 29.4 Å². The molecule has 172 valence electrons. The lowest BCUT2D eigenvalue weighted by molar-refractivity contribution is 0.0558. The number of halogens is 1. The SMILES string of the molecule is C/C(F)=C/CC/C(C)=C/CC/C(C)=C/CC[C@]1(C)CCc2c(C)c(O)c(C)c(C)c2O1. The number of benzene rings is 1. The number of hydrogen-bond donors (Lipinski definition) is 1. The molecule has 3 heteroatoms. The molecule has 0 unspecified atom stereocenters. The first kappa shape index (κ1) is 25.2.